The number of nitrogens with zero attached hydrogens (tertiary/aromatic N) is 1. The number of benzene rings is 2. The van der Waals surface area contributed by atoms with Crippen molar-refractivity contribution in [3.8, 4) is 0 Å². The Morgan fingerprint density at radius 1 is 1.00 bits per heavy atom. The zero-order chi connectivity index (χ0) is 20.0. The van der Waals surface area contributed by atoms with Crippen molar-refractivity contribution in [2.45, 2.75) is 19.8 Å². The van der Waals surface area contributed by atoms with Crippen LogP contribution in [0.25, 0.3) is 0 Å². The van der Waals surface area contributed by atoms with Crippen LogP contribution in [-0.2, 0) is 11.2 Å². The fourth-order valence-electron chi connectivity index (χ4n) is 2.52. The van der Waals surface area contributed by atoms with Crippen molar-refractivity contribution in [3.05, 3.63) is 59.2 Å². The van der Waals surface area contributed by atoms with Crippen molar-refractivity contribution in [1.29, 1.82) is 0 Å². The number of urea groups is 1. The van der Waals surface area contributed by atoms with E-state index in [0.29, 0.717) is 23.4 Å². The zero-order valence-electron chi connectivity index (χ0n) is 15.6. The molecule has 0 unspecified atom stereocenters. The summed E-state index contributed by atoms with van der Waals surface area (Å²) in [5, 5.41) is 14.2. The number of amides is 3. The highest BCUT2D eigenvalue weighted by molar-refractivity contribution is 6.01. The maximum atomic E-state index is 12.2. The van der Waals surface area contributed by atoms with Crippen molar-refractivity contribution in [3.63, 3.8) is 0 Å². The van der Waals surface area contributed by atoms with Crippen LogP contribution in [0.15, 0.2) is 42.5 Å². The lowest BCUT2D eigenvalue weighted by atomic mass is 10.1. The zero-order valence-corrected chi connectivity index (χ0v) is 15.6. The van der Waals surface area contributed by atoms with Gasteiger partial charge in [0.1, 0.15) is 0 Å². The number of aryl methyl sites for hydroxylation is 2. The molecule has 142 valence electrons. The van der Waals surface area contributed by atoms with E-state index in [1.54, 1.807) is 50.5 Å². The highest BCUT2D eigenvalue weighted by atomic mass is 16.4. The smallest absolute Gasteiger partial charge is 0.323 e. The van der Waals surface area contributed by atoms with Crippen molar-refractivity contribution in [2.75, 3.05) is 24.7 Å². The van der Waals surface area contributed by atoms with Gasteiger partial charge in [0.05, 0.1) is 0 Å². The predicted octanol–water partition coefficient (Wildman–Crippen LogP) is 3.36. The number of aliphatic carboxylic acids is 1. The summed E-state index contributed by atoms with van der Waals surface area (Å²) in [5.74, 6) is -1.00. The van der Waals surface area contributed by atoms with E-state index in [1.165, 1.54) is 4.90 Å². The monoisotopic (exact) mass is 369 g/mol. The summed E-state index contributed by atoms with van der Waals surface area (Å²) in [6, 6.07) is 11.7. The van der Waals surface area contributed by atoms with Crippen LogP contribution in [0.3, 0.4) is 0 Å². The van der Waals surface area contributed by atoms with Gasteiger partial charge in [0.25, 0.3) is 5.91 Å². The molecule has 3 N–H and O–H groups in total. The summed E-state index contributed by atoms with van der Waals surface area (Å²) in [4.78, 5) is 36.6. The molecule has 0 aliphatic heterocycles. The number of carbonyl (C=O) groups excluding carboxylic acids is 2. The van der Waals surface area contributed by atoms with Crippen LogP contribution in [0.4, 0.5) is 16.2 Å². The molecule has 0 fully saturated rings. The SMILES string of the molecule is Cc1ccc(NC(=O)Nc2cccc(CCC(=O)O)c2)cc1C(=O)N(C)C. The van der Waals surface area contributed by atoms with Crippen LogP contribution in [0, 0.1) is 6.92 Å². The largest absolute Gasteiger partial charge is 0.481 e. The predicted molar refractivity (Wildman–Crippen MR) is 104 cm³/mol. The second-order valence-corrected chi connectivity index (χ2v) is 6.40. The molecule has 27 heavy (non-hydrogen) atoms. The molecule has 0 aliphatic carbocycles. The minimum Gasteiger partial charge on any atom is -0.481 e. The molecule has 0 aromatic heterocycles. The average Bonchev–Trinajstić information content (AvgIpc) is 2.61. The molecule has 0 saturated carbocycles. The minimum atomic E-state index is -0.867. The highest BCUT2D eigenvalue weighted by Crippen LogP contribution is 2.18. The van der Waals surface area contributed by atoms with Gasteiger partial charge >= 0.3 is 12.0 Å². The second kappa shape index (κ2) is 8.84. The first-order chi connectivity index (χ1) is 12.8. The van der Waals surface area contributed by atoms with Crippen molar-refractivity contribution in [2.24, 2.45) is 0 Å². The van der Waals surface area contributed by atoms with E-state index in [-0.39, 0.29) is 12.3 Å². The molecule has 0 atom stereocenters. The molecular weight excluding hydrogens is 346 g/mol. The number of carboxylic acid groups (broad SMARTS) is 1. The number of anilines is 2. The number of hydrogen-bond acceptors (Lipinski definition) is 3. The van der Waals surface area contributed by atoms with Crippen LogP contribution < -0.4 is 10.6 Å². The minimum absolute atomic E-state index is 0.0295. The Morgan fingerprint density at radius 2 is 1.67 bits per heavy atom. The van der Waals surface area contributed by atoms with Gasteiger partial charge in [-0.15, -0.1) is 0 Å². The molecule has 7 heteroatoms. The number of rotatable bonds is 6. The molecule has 0 saturated heterocycles. The second-order valence-electron chi connectivity index (χ2n) is 6.40. The molecule has 2 rings (SSSR count). The lowest BCUT2D eigenvalue weighted by Crippen LogP contribution is -2.23. The first-order valence-electron chi connectivity index (χ1n) is 8.47. The third kappa shape index (κ3) is 5.85. The molecule has 0 bridgehead atoms. The summed E-state index contributed by atoms with van der Waals surface area (Å²) in [6.07, 6.45) is 0.419. The van der Waals surface area contributed by atoms with Crippen LogP contribution in [0.5, 0.6) is 0 Å². The molecular formula is C20H23N3O4. The first-order valence-corrected chi connectivity index (χ1v) is 8.47. The topological polar surface area (TPSA) is 98.7 Å². The molecule has 3 amide bonds. The Balaban J connectivity index is 2.06. The quantitative estimate of drug-likeness (QED) is 0.727. The number of nitrogens with one attached hydrogen (secondary N) is 2. The van der Waals surface area contributed by atoms with Crippen molar-refractivity contribution < 1.29 is 19.5 Å². The van der Waals surface area contributed by atoms with Gasteiger partial charge in [-0.25, -0.2) is 4.79 Å². The van der Waals surface area contributed by atoms with E-state index in [2.05, 4.69) is 10.6 Å². The van der Waals surface area contributed by atoms with E-state index in [9.17, 15) is 14.4 Å². The number of carbonyl (C=O) groups is 3. The standard InChI is InChI=1S/C20H23N3O4/c1-13-7-9-16(12-17(13)19(26)23(2)3)22-20(27)21-15-6-4-5-14(11-15)8-10-18(24)25/h4-7,9,11-12H,8,10H2,1-3H3,(H,24,25)(H2,21,22,27). The van der Waals surface area contributed by atoms with Crippen LogP contribution in [0.2, 0.25) is 0 Å². The molecule has 0 heterocycles. The molecule has 0 aliphatic rings. The van der Waals surface area contributed by atoms with Crippen LogP contribution in [0.1, 0.15) is 27.9 Å². The van der Waals surface area contributed by atoms with Crippen LogP contribution >= 0.6 is 0 Å². The third-order valence-electron chi connectivity index (χ3n) is 3.94. The average molecular weight is 369 g/mol. The molecule has 2 aromatic carbocycles. The highest BCUT2D eigenvalue weighted by Gasteiger charge is 2.13. The van der Waals surface area contributed by atoms with Gasteiger partial charge in [-0.1, -0.05) is 18.2 Å². The maximum absolute atomic E-state index is 12.2. The van der Waals surface area contributed by atoms with Gasteiger partial charge in [0.15, 0.2) is 0 Å². The van der Waals surface area contributed by atoms with Crippen LogP contribution in [-0.4, -0.2) is 42.0 Å². The summed E-state index contributed by atoms with van der Waals surface area (Å²) in [6.45, 7) is 1.84. The molecule has 7 nitrogen and oxygen atoms in total. The molecule has 0 spiro atoms. The number of hydrogen-bond donors (Lipinski definition) is 3. The van der Waals surface area contributed by atoms with E-state index in [4.69, 9.17) is 5.11 Å². The Labute approximate surface area is 158 Å². The Bertz CT molecular complexity index is 862. The summed E-state index contributed by atoms with van der Waals surface area (Å²) >= 11 is 0. The van der Waals surface area contributed by atoms with Crippen molar-refractivity contribution >= 4 is 29.3 Å². The molecule has 0 radical (unpaired) electrons. The summed E-state index contributed by atoms with van der Waals surface area (Å²) in [5.41, 5.74) is 3.24. The van der Waals surface area contributed by atoms with E-state index in [1.807, 2.05) is 13.0 Å². The van der Waals surface area contributed by atoms with Gasteiger partial charge < -0.3 is 20.6 Å². The van der Waals surface area contributed by atoms with Gasteiger partial charge in [0.2, 0.25) is 0 Å². The first kappa shape index (κ1) is 20.0. The van der Waals surface area contributed by atoms with Crippen molar-refractivity contribution in [1.82, 2.24) is 4.90 Å². The number of carboxylic acids is 1. The third-order valence-corrected chi connectivity index (χ3v) is 3.94. The fraction of sp³-hybridized carbons (Fsp3) is 0.250. The normalized spacial score (nSPS) is 10.2. The summed E-state index contributed by atoms with van der Waals surface area (Å²) in [7, 11) is 3.35. The Hall–Kier alpha value is -3.35. The molecule has 2 aromatic rings. The van der Waals surface area contributed by atoms with Gasteiger partial charge in [0, 0.05) is 37.5 Å². The van der Waals surface area contributed by atoms with E-state index < -0.39 is 12.0 Å². The maximum Gasteiger partial charge on any atom is 0.323 e. The Kier molecular flexibility index (Phi) is 6.54. The lowest BCUT2D eigenvalue weighted by Gasteiger charge is -2.14. The fourth-order valence-corrected chi connectivity index (χ4v) is 2.52. The van der Waals surface area contributed by atoms with E-state index >= 15 is 0 Å². The van der Waals surface area contributed by atoms with Gasteiger partial charge in [-0.2, -0.15) is 0 Å². The Morgan fingerprint density at radius 3 is 2.30 bits per heavy atom. The lowest BCUT2D eigenvalue weighted by molar-refractivity contribution is -0.136. The van der Waals surface area contributed by atoms with E-state index in [0.717, 1.165) is 11.1 Å². The van der Waals surface area contributed by atoms with Gasteiger partial charge in [-0.05, 0) is 48.7 Å². The summed E-state index contributed by atoms with van der Waals surface area (Å²) < 4.78 is 0. The van der Waals surface area contributed by atoms with Gasteiger partial charge in [-0.3, -0.25) is 9.59 Å².